The van der Waals surface area contributed by atoms with Gasteiger partial charge in [-0.25, -0.2) is 4.79 Å². The highest BCUT2D eigenvalue weighted by Gasteiger charge is 2.48. The first kappa shape index (κ1) is 15.2. The highest BCUT2D eigenvalue weighted by Crippen LogP contribution is 2.52. The molecule has 0 saturated heterocycles. The van der Waals surface area contributed by atoms with E-state index in [9.17, 15) is 4.79 Å². The number of nitrogens with zero attached hydrogens (tertiary/aromatic N) is 3. The molecule has 1 aromatic carbocycles. The van der Waals surface area contributed by atoms with E-state index in [-0.39, 0.29) is 17.5 Å². The maximum Gasteiger partial charge on any atom is 0.327 e. The van der Waals surface area contributed by atoms with Crippen molar-refractivity contribution in [3.8, 4) is 0 Å². The Hall–Kier alpha value is -2.30. The first-order valence-electron chi connectivity index (χ1n) is 8.74. The molecule has 24 heavy (non-hydrogen) atoms. The summed E-state index contributed by atoms with van der Waals surface area (Å²) in [5.74, 6) is 0.623. The van der Waals surface area contributed by atoms with Crippen molar-refractivity contribution in [3.05, 3.63) is 41.6 Å². The van der Waals surface area contributed by atoms with Gasteiger partial charge in [-0.15, -0.1) is 0 Å². The summed E-state index contributed by atoms with van der Waals surface area (Å²) in [5.41, 5.74) is 3.61. The third kappa shape index (κ3) is 2.22. The van der Waals surface area contributed by atoms with Crippen LogP contribution in [0.3, 0.4) is 0 Å². The highest BCUT2D eigenvalue weighted by molar-refractivity contribution is 6.03. The van der Waals surface area contributed by atoms with Crippen molar-refractivity contribution in [3.63, 3.8) is 0 Å². The van der Waals surface area contributed by atoms with E-state index in [0.717, 1.165) is 17.9 Å². The molecule has 1 spiro atoms. The van der Waals surface area contributed by atoms with E-state index < -0.39 is 0 Å². The minimum atomic E-state index is -0.0837. The van der Waals surface area contributed by atoms with Crippen LogP contribution in [0.4, 0.5) is 16.3 Å². The number of aromatic nitrogens is 2. The molecule has 126 valence electrons. The molecule has 2 aromatic rings. The Morgan fingerprint density at radius 1 is 1.29 bits per heavy atom. The van der Waals surface area contributed by atoms with Crippen LogP contribution < -0.4 is 10.2 Å². The van der Waals surface area contributed by atoms with Crippen LogP contribution in [0.15, 0.2) is 30.3 Å². The van der Waals surface area contributed by atoms with Gasteiger partial charge >= 0.3 is 6.03 Å². The van der Waals surface area contributed by atoms with Crippen LogP contribution in [-0.2, 0) is 5.41 Å². The van der Waals surface area contributed by atoms with E-state index >= 15 is 0 Å². The molecule has 1 fully saturated rings. The third-order valence-corrected chi connectivity index (χ3v) is 5.43. The maximum absolute atomic E-state index is 12.9. The molecule has 1 saturated carbocycles. The molecule has 2 heterocycles. The van der Waals surface area contributed by atoms with Crippen molar-refractivity contribution in [2.24, 2.45) is 0 Å². The fourth-order valence-corrected chi connectivity index (χ4v) is 4.09. The Morgan fingerprint density at radius 2 is 2.04 bits per heavy atom. The smallest absolute Gasteiger partial charge is 0.293 e. The van der Waals surface area contributed by atoms with Crippen LogP contribution in [0.2, 0.25) is 0 Å². The lowest BCUT2D eigenvalue weighted by Gasteiger charge is -2.38. The predicted molar refractivity (Wildman–Crippen MR) is 95.7 cm³/mol. The van der Waals surface area contributed by atoms with Crippen molar-refractivity contribution < 1.29 is 4.79 Å². The number of carbonyl (C=O) groups excluding carboxylic acids is 1. The van der Waals surface area contributed by atoms with Crippen molar-refractivity contribution >= 4 is 17.5 Å². The van der Waals surface area contributed by atoms with E-state index in [0.29, 0.717) is 5.82 Å². The molecule has 2 amide bonds. The lowest BCUT2D eigenvalue weighted by molar-refractivity contribution is 0.244. The second-order valence-corrected chi connectivity index (χ2v) is 7.38. The number of rotatable bonds is 2. The number of carbonyl (C=O) groups is 1. The highest BCUT2D eigenvalue weighted by atomic mass is 16.2. The van der Waals surface area contributed by atoms with E-state index in [1.54, 1.807) is 0 Å². The van der Waals surface area contributed by atoms with E-state index in [1.807, 2.05) is 28.6 Å². The second kappa shape index (κ2) is 5.36. The number of para-hydroxylation sites is 1. The van der Waals surface area contributed by atoms with Crippen LogP contribution >= 0.6 is 0 Å². The molecule has 0 radical (unpaired) electrons. The van der Waals surface area contributed by atoms with Gasteiger partial charge in [0.05, 0.1) is 0 Å². The van der Waals surface area contributed by atoms with Crippen LogP contribution in [0, 0.1) is 6.92 Å². The number of amides is 2. The summed E-state index contributed by atoms with van der Waals surface area (Å²) in [7, 11) is 0. The van der Waals surface area contributed by atoms with Gasteiger partial charge in [-0.1, -0.05) is 24.6 Å². The molecule has 0 bridgehead atoms. The summed E-state index contributed by atoms with van der Waals surface area (Å²) in [5, 5.41) is 7.49. The van der Waals surface area contributed by atoms with Gasteiger partial charge in [0.1, 0.15) is 0 Å². The maximum atomic E-state index is 12.9. The van der Waals surface area contributed by atoms with Crippen LogP contribution in [0.5, 0.6) is 0 Å². The number of anilines is 2. The Labute approximate surface area is 142 Å². The molecule has 0 atom stereocenters. The fourth-order valence-electron chi connectivity index (χ4n) is 4.09. The Bertz CT molecular complexity index is 788. The molecule has 1 N–H and O–H groups in total. The van der Waals surface area contributed by atoms with E-state index in [1.165, 1.54) is 24.8 Å². The van der Waals surface area contributed by atoms with Crippen molar-refractivity contribution in [2.45, 2.75) is 51.5 Å². The normalized spacial score (nSPS) is 17.9. The summed E-state index contributed by atoms with van der Waals surface area (Å²) in [6.45, 7) is 6.96. The molecule has 5 nitrogen and oxygen atoms in total. The van der Waals surface area contributed by atoms with Gasteiger partial charge in [0.15, 0.2) is 5.82 Å². The first-order valence-corrected chi connectivity index (χ1v) is 8.74. The molecular weight excluding hydrogens is 300 g/mol. The Morgan fingerprint density at radius 3 is 2.67 bits per heavy atom. The largest absolute Gasteiger partial charge is 0.327 e. The average molecular weight is 324 g/mol. The summed E-state index contributed by atoms with van der Waals surface area (Å²) in [6, 6.07) is 10.4. The zero-order valence-corrected chi connectivity index (χ0v) is 14.5. The molecule has 2 aliphatic rings. The van der Waals surface area contributed by atoms with Gasteiger partial charge in [0.2, 0.25) is 0 Å². The fraction of sp³-hybridized carbons (Fsp3) is 0.474. The van der Waals surface area contributed by atoms with Gasteiger partial charge < -0.3 is 0 Å². The Balaban J connectivity index is 1.58. The van der Waals surface area contributed by atoms with Crippen molar-refractivity contribution in [1.29, 1.82) is 0 Å². The number of nitrogens with one attached hydrogen (secondary N) is 1. The quantitative estimate of drug-likeness (QED) is 0.898. The molecule has 5 heteroatoms. The number of urea groups is 1. The third-order valence-electron chi connectivity index (χ3n) is 5.43. The van der Waals surface area contributed by atoms with Crippen LogP contribution in [0.1, 0.15) is 50.4 Å². The molecule has 1 aliphatic carbocycles. The van der Waals surface area contributed by atoms with Gasteiger partial charge in [-0.3, -0.25) is 14.9 Å². The molecule has 0 unspecified atom stereocenters. The zero-order chi connectivity index (χ0) is 16.9. The molecule has 1 aliphatic heterocycles. The van der Waals surface area contributed by atoms with Gasteiger partial charge in [-0.05, 0) is 45.2 Å². The van der Waals surface area contributed by atoms with Crippen molar-refractivity contribution in [2.75, 3.05) is 16.8 Å². The summed E-state index contributed by atoms with van der Waals surface area (Å²) in [6.07, 6.45) is 3.60. The number of aryl methyl sites for hydroxylation is 1. The summed E-state index contributed by atoms with van der Waals surface area (Å²) >= 11 is 0. The number of fused-ring (bicyclic) bond motifs is 2. The molecule has 1 aromatic heterocycles. The summed E-state index contributed by atoms with van der Waals surface area (Å²) in [4.78, 5) is 14.7. The molecule has 4 rings (SSSR count). The second-order valence-electron chi connectivity index (χ2n) is 7.38. The standard InChI is InChI=1S/C19H24N4O/c1-13(2)23-14(3)11-17(21-23)20-18(24)22-12-19(9-6-10-19)15-7-4-5-8-16(15)22/h4-5,7-8,11,13H,6,9-10,12H2,1-3H3,(H,20,21,24). The Kier molecular flexibility index (Phi) is 3.41. The van der Waals surface area contributed by atoms with Crippen LogP contribution in [-0.4, -0.2) is 22.4 Å². The lowest BCUT2D eigenvalue weighted by atomic mass is 9.66. The van der Waals surface area contributed by atoms with E-state index in [4.69, 9.17) is 0 Å². The van der Waals surface area contributed by atoms with Gasteiger partial charge in [0.25, 0.3) is 0 Å². The lowest BCUT2D eigenvalue weighted by Crippen LogP contribution is -2.42. The average Bonchev–Trinajstić information content (AvgIpc) is 3.05. The van der Waals surface area contributed by atoms with Gasteiger partial charge in [-0.2, -0.15) is 5.10 Å². The van der Waals surface area contributed by atoms with Gasteiger partial charge in [0, 0.05) is 35.4 Å². The minimum absolute atomic E-state index is 0.0837. The molecular formula is C19H24N4O. The number of hydrogen-bond donors (Lipinski definition) is 1. The summed E-state index contributed by atoms with van der Waals surface area (Å²) < 4.78 is 1.93. The number of hydrogen-bond acceptors (Lipinski definition) is 2. The number of benzene rings is 1. The predicted octanol–water partition coefficient (Wildman–Crippen LogP) is 4.25. The SMILES string of the molecule is Cc1cc(NC(=O)N2CC3(CCC3)c3ccccc32)nn1C(C)C. The van der Waals surface area contributed by atoms with E-state index in [2.05, 4.69) is 42.5 Å². The van der Waals surface area contributed by atoms with Crippen LogP contribution in [0.25, 0.3) is 0 Å². The first-order chi connectivity index (χ1) is 11.5. The van der Waals surface area contributed by atoms with Crippen molar-refractivity contribution in [1.82, 2.24) is 9.78 Å². The monoisotopic (exact) mass is 324 g/mol. The topological polar surface area (TPSA) is 50.2 Å². The zero-order valence-electron chi connectivity index (χ0n) is 14.5. The minimum Gasteiger partial charge on any atom is -0.293 e.